The van der Waals surface area contributed by atoms with Crippen LogP contribution in [0, 0.1) is 0 Å². The number of carbonyl (C=O) groups is 2. The first-order chi connectivity index (χ1) is 13.8. The molecule has 2 atom stereocenters. The molecular weight excluding hydrogens is 414 g/mol. The number of sulfonamides is 1. The number of halogens is 1. The lowest BCUT2D eigenvalue weighted by molar-refractivity contribution is -0.145. The summed E-state index contributed by atoms with van der Waals surface area (Å²) in [6.45, 7) is 3.48. The minimum absolute atomic E-state index is 0.0821. The van der Waals surface area contributed by atoms with Crippen LogP contribution >= 0.6 is 11.6 Å². The van der Waals surface area contributed by atoms with Crippen LogP contribution < -0.4 is 4.72 Å². The van der Waals surface area contributed by atoms with Gasteiger partial charge in [-0.1, -0.05) is 23.7 Å². The molecule has 7 nitrogen and oxygen atoms in total. The lowest BCUT2D eigenvalue weighted by Crippen LogP contribution is -2.53. The summed E-state index contributed by atoms with van der Waals surface area (Å²) < 4.78 is 28.2. The number of nitrogens with zero attached hydrogens (tertiary/aromatic N) is 2. The van der Waals surface area contributed by atoms with E-state index < -0.39 is 22.1 Å². The van der Waals surface area contributed by atoms with Crippen molar-refractivity contribution in [3.63, 3.8) is 0 Å². The number of benzene rings is 2. The number of hydrogen-bond acceptors (Lipinski definition) is 4. The third-order valence-corrected chi connectivity index (χ3v) is 7.32. The summed E-state index contributed by atoms with van der Waals surface area (Å²) >= 11 is 5.97. The molecule has 2 amide bonds. The highest BCUT2D eigenvalue weighted by Crippen LogP contribution is 2.24. The van der Waals surface area contributed by atoms with E-state index in [1.807, 2.05) is 0 Å². The van der Waals surface area contributed by atoms with Gasteiger partial charge in [0.1, 0.15) is 12.1 Å². The Labute approximate surface area is 174 Å². The molecule has 2 aromatic carbocycles. The summed E-state index contributed by atoms with van der Waals surface area (Å²) in [4.78, 5) is 28.4. The van der Waals surface area contributed by atoms with Gasteiger partial charge in [-0.3, -0.25) is 9.59 Å². The molecule has 29 heavy (non-hydrogen) atoms. The van der Waals surface area contributed by atoms with Crippen LogP contribution in [-0.2, 0) is 19.6 Å². The van der Waals surface area contributed by atoms with E-state index >= 15 is 0 Å². The van der Waals surface area contributed by atoms with Gasteiger partial charge in [0.25, 0.3) is 0 Å². The molecule has 2 aromatic rings. The molecule has 2 aliphatic heterocycles. The summed E-state index contributed by atoms with van der Waals surface area (Å²) in [6, 6.07) is 8.50. The topological polar surface area (TPSA) is 86.8 Å². The predicted molar refractivity (Wildman–Crippen MR) is 110 cm³/mol. The number of carbonyl (C=O) groups excluding carboxylic acids is 2. The molecule has 154 valence electrons. The molecule has 0 aliphatic carbocycles. The lowest BCUT2D eigenvalue weighted by Gasteiger charge is -2.35. The van der Waals surface area contributed by atoms with Gasteiger partial charge in [-0.2, -0.15) is 4.72 Å². The molecule has 9 heteroatoms. The molecule has 2 saturated heterocycles. The lowest BCUT2D eigenvalue weighted by atomic mass is 10.1. The van der Waals surface area contributed by atoms with Crippen LogP contribution in [0.4, 0.5) is 0 Å². The van der Waals surface area contributed by atoms with Crippen molar-refractivity contribution in [2.75, 3.05) is 19.6 Å². The van der Waals surface area contributed by atoms with Gasteiger partial charge in [0.15, 0.2) is 0 Å². The van der Waals surface area contributed by atoms with Gasteiger partial charge in [0, 0.05) is 24.7 Å². The van der Waals surface area contributed by atoms with E-state index in [1.165, 1.54) is 11.0 Å². The van der Waals surface area contributed by atoms with Crippen LogP contribution in [-0.4, -0.2) is 61.7 Å². The standard InChI is InChI=1S/C20H22ClN3O4S/c1-13(19(25)23-8-2-9-23)24-10-7-18(20(24)26)22-29(27,28)17-6-4-14-11-16(21)5-3-15(14)12-17/h3-6,11-13,18,22H,2,7-10H2,1H3/t13-,18?/m0/s1. The second kappa shape index (κ2) is 7.59. The Balaban J connectivity index is 1.49. The summed E-state index contributed by atoms with van der Waals surface area (Å²) in [5.41, 5.74) is 0. The zero-order chi connectivity index (χ0) is 20.8. The average Bonchev–Trinajstić information content (AvgIpc) is 2.99. The van der Waals surface area contributed by atoms with Crippen LogP contribution in [0.1, 0.15) is 19.8 Å². The molecule has 4 rings (SSSR count). The first-order valence-corrected chi connectivity index (χ1v) is 11.4. The van der Waals surface area contributed by atoms with Crippen molar-refractivity contribution in [3.05, 3.63) is 41.4 Å². The zero-order valence-corrected chi connectivity index (χ0v) is 17.5. The van der Waals surface area contributed by atoms with E-state index in [4.69, 9.17) is 11.6 Å². The monoisotopic (exact) mass is 435 g/mol. The maximum absolute atomic E-state index is 12.8. The fraction of sp³-hybridized carbons (Fsp3) is 0.400. The van der Waals surface area contributed by atoms with Crippen LogP contribution in [0.25, 0.3) is 10.8 Å². The first kappa shape index (κ1) is 20.1. The highest BCUT2D eigenvalue weighted by atomic mass is 35.5. The van der Waals surface area contributed by atoms with Gasteiger partial charge in [0.05, 0.1) is 4.90 Å². The van der Waals surface area contributed by atoms with Crippen LogP contribution in [0.5, 0.6) is 0 Å². The van der Waals surface area contributed by atoms with E-state index in [1.54, 1.807) is 42.2 Å². The fourth-order valence-corrected chi connectivity index (χ4v) is 5.19. The highest BCUT2D eigenvalue weighted by Gasteiger charge is 2.40. The molecule has 0 aromatic heterocycles. The van der Waals surface area contributed by atoms with Gasteiger partial charge in [-0.25, -0.2) is 8.42 Å². The van der Waals surface area contributed by atoms with E-state index in [-0.39, 0.29) is 16.7 Å². The molecule has 0 radical (unpaired) electrons. The Morgan fingerprint density at radius 2 is 1.83 bits per heavy atom. The fourth-order valence-electron chi connectivity index (χ4n) is 3.75. The van der Waals surface area contributed by atoms with Gasteiger partial charge < -0.3 is 9.80 Å². The second-order valence-electron chi connectivity index (χ2n) is 7.50. The van der Waals surface area contributed by atoms with Crippen LogP contribution in [0.3, 0.4) is 0 Å². The maximum Gasteiger partial charge on any atom is 0.245 e. The molecule has 2 heterocycles. The molecule has 1 unspecified atom stereocenters. The minimum Gasteiger partial charge on any atom is -0.341 e. The predicted octanol–water partition coefficient (Wildman–Crippen LogP) is 1.99. The molecule has 1 N–H and O–H groups in total. The summed E-state index contributed by atoms with van der Waals surface area (Å²) in [6.07, 6.45) is 1.31. The largest absolute Gasteiger partial charge is 0.341 e. The molecule has 2 aliphatic rings. The van der Waals surface area contributed by atoms with Crippen molar-refractivity contribution < 1.29 is 18.0 Å². The number of amides is 2. The minimum atomic E-state index is -3.88. The SMILES string of the molecule is C[C@@H](C(=O)N1CCC1)N1CCC(NS(=O)(=O)c2ccc3cc(Cl)ccc3c2)C1=O. The van der Waals surface area contributed by atoms with Crippen molar-refractivity contribution in [2.24, 2.45) is 0 Å². The van der Waals surface area contributed by atoms with Crippen molar-refractivity contribution in [1.29, 1.82) is 0 Å². The Morgan fingerprint density at radius 1 is 1.14 bits per heavy atom. The second-order valence-corrected chi connectivity index (χ2v) is 9.65. The molecular formula is C20H22ClN3O4S. The molecule has 0 spiro atoms. The van der Waals surface area contributed by atoms with Crippen molar-refractivity contribution in [2.45, 2.75) is 36.7 Å². The van der Waals surface area contributed by atoms with Crippen LogP contribution in [0.15, 0.2) is 41.3 Å². The Kier molecular flexibility index (Phi) is 5.27. The van der Waals surface area contributed by atoms with E-state index in [2.05, 4.69) is 4.72 Å². The number of fused-ring (bicyclic) bond motifs is 1. The third-order valence-electron chi connectivity index (χ3n) is 5.61. The van der Waals surface area contributed by atoms with Crippen molar-refractivity contribution in [1.82, 2.24) is 14.5 Å². The highest BCUT2D eigenvalue weighted by molar-refractivity contribution is 7.89. The average molecular weight is 436 g/mol. The van der Waals surface area contributed by atoms with Gasteiger partial charge in [-0.05, 0) is 54.8 Å². The van der Waals surface area contributed by atoms with Crippen molar-refractivity contribution >= 4 is 44.2 Å². The normalized spacial score (nSPS) is 20.8. The molecule has 0 saturated carbocycles. The summed E-state index contributed by atoms with van der Waals surface area (Å²) in [5.74, 6) is -0.441. The Bertz CT molecular complexity index is 1080. The first-order valence-electron chi connectivity index (χ1n) is 9.57. The van der Waals surface area contributed by atoms with Gasteiger partial charge in [-0.15, -0.1) is 0 Å². The Hall–Kier alpha value is -2.16. The van der Waals surface area contributed by atoms with Gasteiger partial charge >= 0.3 is 0 Å². The Morgan fingerprint density at radius 3 is 2.52 bits per heavy atom. The molecule has 0 bridgehead atoms. The molecule has 2 fully saturated rings. The van der Waals surface area contributed by atoms with Crippen LogP contribution in [0.2, 0.25) is 5.02 Å². The maximum atomic E-state index is 12.8. The number of rotatable bonds is 5. The smallest absolute Gasteiger partial charge is 0.245 e. The zero-order valence-electron chi connectivity index (χ0n) is 16.0. The summed E-state index contributed by atoms with van der Waals surface area (Å²) in [7, 11) is -3.88. The third kappa shape index (κ3) is 3.84. The van der Waals surface area contributed by atoms with E-state index in [9.17, 15) is 18.0 Å². The van der Waals surface area contributed by atoms with E-state index in [0.717, 1.165) is 17.2 Å². The number of nitrogens with one attached hydrogen (secondary N) is 1. The quantitative estimate of drug-likeness (QED) is 0.778. The number of likely N-dealkylation sites (tertiary alicyclic amines) is 2. The number of hydrogen-bond donors (Lipinski definition) is 1. The summed E-state index contributed by atoms with van der Waals surface area (Å²) in [5, 5.41) is 2.15. The van der Waals surface area contributed by atoms with Crippen molar-refractivity contribution in [3.8, 4) is 0 Å². The van der Waals surface area contributed by atoms with E-state index in [0.29, 0.717) is 31.1 Å². The van der Waals surface area contributed by atoms with Gasteiger partial charge in [0.2, 0.25) is 21.8 Å².